The number of rotatable bonds is 5. The maximum Gasteiger partial charge on any atom is 0.246 e. The average Bonchev–Trinajstić information content (AvgIpc) is 3.32. The van der Waals surface area contributed by atoms with Gasteiger partial charge in [0.25, 0.3) is 0 Å². The highest BCUT2D eigenvalue weighted by Gasteiger charge is 2.30. The minimum Gasteiger partial charge on any atom is -0.476 e. The maximum absolute atomic E-state index is 12.7. The van der Waals surface area contributed by atoms with Gasteiger partial charge in [-0.2, -0.15) is 9.40 Å². The number of nitrogens with zero attached hydrogens (tertiary/aromatic N) is 6. The first-order chi connectivity index (χ1) is 14.1. The van der Waals surface area contributed by atoms with Gasteiger partial charge >= 0.3 is 0 Å². The molecule has 4 rings (SSSR count). The summed E-state index contributed by atoms with van der Waals surface area (Å²) in [5.74, 6) is 0.835. The molecule has 0 amide bonds. The molecule has 3 aromatic rings. The second kappa shape index (κ2) is 7.66. The van der Waals surface area contributed by atoms with Crippen LogP contribution >= 0.6 is 0 Å². The van der Waals surface area contributed by atoms with Crippen LogP contribution in [0.2, 0.25) is 0 Å². The zero-order valence-corrected chi connectivity index (χ0v) is 18.6. The minimum atomic E-state index is -3.48. The van der Waals surface area contributed by atoms with Gasteiger partial charge in [-0.25, -0.2) is 17.9 Å². The Balaban J connectivity index is 1.34. The first-order valence-electron chi connectivity index (χ1n) is 10.1. The van der Waals surface area contributed by atoms with E-state index in [0.29, 0.717) is 25.6 Å². The van der Waals surface area contributed by atoms with E-state index in [9.17, 15) is 8.42 Å². The summed E-state index contributed by atoms with van der Waals surface area (Å²) < 4.78 is 36.1. The number of sulfonamides is 1. The van der Waals surface area contributed by atoms with Crippen molar-refractivity contribution in [2.45, 2.75) is 43.9 Å². The van der Waals surface area contributed by atoms with E-state index in [2.05, 4.69) is 36.0 Å². The molecule has 0 aromatic carbocycles. The molecule has 0 radical (unpaired) electrons. The molecule has 30 heavy (non-hydrogen) atoms. The largest absolute Gasteiger partial charge is 0.476 e. The van der Waals surface area contributed by atoms with Crippen LogP contribution in [0.3, 0.4) is 0 Å². The lowest BCUT2D eigenvalue weighted by Crippen LogP contribution is -2.39. The van der Waals surface area contributed by atoms with Gasteiger partial charge < -0.3 is 4.74 Å². The molecule has 0 bridgehead atoms. The molecule has 3 aromatic heterocycles. The fourth-order valence-corrected chi connectivity index (χ4v) is 4.96. The van der Waals surface area contributed by atoms with Gasteiger partial charge in [-0.05, 0) is 24.8 Å². The number of piperidine rings is 1. The Labute approximate surface area is 176 Å². The van der Waals surface area contributed by atoms with E-state index in [-0.39, 0.29) is 16.2 Å². The first-order valence-corrected chi connectivity index (χ1v) is 11.6. The van der Waals surface area contributed by atoms with Crippen LogP contribution in [-0.2, 0) is 22.5 Å². The van der Waals surface area contributed by atoms with Gasteiger partial charge in [-0.15, -0.1) is 5.10 Å². The Kier molecular flexibility index (Phi) is 5.31. The molecule has 1 saturated heterocycles. The zero-order chi connectivity index (χ0) is 21.5. The van der Waals surface area contributed by atoms with Crippen LogP contribution in [0, 0.1) is 5.92 Å². The number of imidazole rings is 1. The topological polar surface area (TPSA) is 94.6 Å². The SMILES string of the molecule is Cn1cc(S(=O)(=O)N2CCC(COc3ccc4nc(C(C)(C)C)cn4n3)CC2)cn1. The highest BCUT2D eigenvalue weighted by Crippen LogP contribution is 2.25. The summed E-state index contributed by atoms with van der Waals surface area (Å²) in [5, 5.41) is 8.48. The van der Waals surface area contributed by atoms with Gasteiger partial charge in [-0.1, -0.05) is 20.8 Å². The number of aryl methyl sites for hydroxylation is 1. The second-order valence-electron chi connectivity index (χ2n) is 8.86. The summed E-state index contributed by atoms with van der Waals surface area (Å²) in [6.07, 6.45) is 6.37. The molecule has 0 unspecified atom stereocenters. The molecule has 0 N–H and O–H groups in total. The normalized spacial score (nSPS) is 16.9. The predicted octanol–water partition coefficient (Wildman–Crippen LogP) is 2.24. The Bertz CT molecular complexity index is 1140. The number of aromatic nitrogens is 5. The lowest BCUT2D eigenvalue weighted by Gasteiger charge is -2.30. The van der Waals surface area contributed by atoms with E-state index in [4.69, 9.17) is 4.74 Å². The first kappa shape index (κ1) is 20.8. The van der Waals surface area contributed by atoms with E-state index in [1.165, 1.54) is 21.4 Å². The molecule has 162 valence electrons. The van der Waals surface area contributed by atoms with Crippen LogP contribution < -0.4 is 4.74 Å². The predicted molar refractivity (Wildman–Crippen MR) is 112 cm³/mol. The van der Waals surface area contributed by atoms with Gasteiger partial charge in [0, 0.05) is 37.8 Å². The van der Waals surface area contributed by atoms with Crippen molar-refractivity contribution in [1.82, 2.24) is 28.7 Å². The van der Waals surface area contributed by atoms with Gasteiger partial charge in [0.15, 0.2) is 5.65 Å². The highest BCUT2D eigenvalue weighted by atomic mass is 32.2. The van der Waals surface area contributed by atoms with E-state index in [0.717, 1.165) is 24.2 Å². The Morgan fingerprint density at radius 3 is 2.53 bits per heavy atom. The summed E-state index contributed by atoms with van der Waals surface area (Å²) in [6.45, 7) is 7.83. The molecule has 0 spiro atoms. The van der Waals surface area contributed by atoms with Crippen molar-refractivity contribution in [1.29, 1.82) is 0 Å². The number of fused-ring (bicyclic) bond motifs is 1. The van der Waals surface area contributed by atoms with Crippen LogP contribution in [0.5, 0.6) is 5.88 Å². The lowest BCUT2D eigenvalue weighted by atomic mass is 9.93. The third-order valence-corrected chi connectivity index (χ3v) is 7.27. The standard InChI is InChI=1S/C20H28N6O3S/c1-20(2,3)17-13-26-18(22-17)5-6-19(23-26)29-14-15-7-9-25(10-8-15)30(27,28)16-11-21-24(4)12-16/h5-6,11-13,15H,7-10,14H2,1-4H3. The van der Waals surface area contributed by atoms with Crippen LogP contribution in [0.25, 0.3) is 5.65 Å². The van der Waals surface area contributed by atoms with Crippen molar-refractivity contribution in [3.8, 4) is 5.88 Å². The van der Waals surface area contributed by atoms with Crippen LogP contribution in [0.1, 0.15) is 39.3 Å². The minimum absolute atomic E-state index is 0.0428. The van der Waals surface area contributed by atoms with Gasteiger partial charge in [0.05, 0.1) is 24.7 Å². The smallest absolute Gasteiger partial charge is 0.246 e. The molecular weight excluding hydrogens is 404 g/mol. The fourth-order valence-electron chi connectivity index (χ4n) is 3.50. The Morgan fingerprint density at radius 2 is 1.90 bits per heavy atom. The quantitative estimate of drug-likeness (QED) is 0.614. The monoisotopic (exact) mass is 432 g/mol. The van der Waals surface area contributed by atoms with Crippen molar-refractivity contribution in [2.24, 2.45) is 13.0 Å². The lowest BCUT2D eigenvalue weighted by molar-refractivity contribution is 0.179. The molecule has 0 saturated carbocycles. The summed E-state index contributed by atoms with van der Waals surface area (Å²) in [6, 6.07) is 3.73. The third kappa shape index (κ3) is 4.20. The van der Waals surface area contributed by atoms with Crippen molar-refractivity contribution >= 4 is 15.7 Å². The zero-order valence-electron chi connectivity index (χ0n) is 17.8. The van der Waals surface area contributed by atoms with Gasteiger partial charge in [-0.3, -0.25) is 4.68 Å². The van der Waals surface area contributed by atoms with Crippen LogP contribution in [0.4, 0.5) is 0 Å². The molecular formula is C20H28N6O3S. The van der Waals surface area contributed by atoms with Crippen LogP contribution in [0.15, 0.2) is 35.6 Å². The average molecular weight is 433 g/mol. The summed E-state index contributed by atoms with van der Waals surface area (Å²) in [4.78, 5) is 4.85. The molecule has 0 atom stereocenters. The van der Waals surface area contributed by atoms with E-state index in [1.807, 2.05) is 18.3 Å². The highest BCUT2D eigenvalue weighted by molar-refractivity contribution is 7.89. The molecule has 10 heteroatoms. The molecule has 9 nitrogen and oxygen atoms in total. The van der Waals surface area contributed by atoms with E-state index < -0.39 is 10.0 Å². The van der Waals surface area contributed by atoms with Crippen LogP contribution in [-0.4, -0.2) is 56.8 Å². The summed E-state index contributed by atoms with van der Waals surface area (Å²) in [5.41, 5.74) is 1.73. The maximum atomic E-state index is 12.7. The Morgan fingerprint density at radius 1 is 1.17 bits per heavy atom. The Hall–Kier alpha value is -2.46. The number of ether oxygens (including phenoxy) is 1. The van der Waals surface area contributed by atoms with Crippen molar-refractivity contribution in [3.05, 3.63) is 36.4 Å². The third-order valence-electron chi connectivity index (χ3n) is 5.42. The molecule has 1 aliphatic heterocycles. The molecule has 0 aliphatic carbocycles. The molecule has 1 fully saturated rings. The summed E-state index contributed by atoms with van der Waals surface area (Å²) in [7, 11) is -1.77. The van der Waals surface area contributed by atoms with E-state index >= 15 is 0 Å². The van der Waals surface area contributed by atoms with Crippen molar-refractivity contribution in [2.75, 3.05) is 19.7 Å². The second-order valence-corrected chi connectivity index (χ2v) is 10.8. The van der Waals surface area contributed by atoms with Gasteiger partial charge in [0.1, 0.15) is 4.90 Å². The van der Waals surface area contributed by atoms with Crippen molar-refractivity contribution < 1.29 is 13.2 Å². The van der Waals surface area contributed by atoms with Gasteiger partial charge in [0.2, 0.25) is 15.9 Å². The number of hydrogen-bond donors (Lipinski definition) is 0. The number of hydrogen-bond acceptors (Lipinski definition) is 6. The molecule has 1 aliphatic rings. The van der Waals surface area contributed by atoms with Crippen molar-refractivity contribution in [3.63, 3.8) is 0 Å². The summed E-state index contributed by atoms with van der Waals surface area (Å²) >= 11 is 0. The molecule has 4 heterocycles. The van der Waals surface area contributed by atoms with E-state index in [1.54, 1.807) is 11.6 Å². The fraction of sp³-hybridized carbons (Fsp3) is 0.550.